The molecule has 0 aromatic heterocycles. The third-order valence-corrected chi connectivity index (χ3v) is 2.75. The molecule has 0 aliphatic heterocycles. The summed E-state index contributed by atoms with van der Waals surface area (Å²) in [5.74, 6) is -0.847. The van der Waals surface area contributed by atoms with Crippen LogP contribution in [0.3, 0.4) is 0 Å². The number of hydrogen-bond acceptors (Lipinski definition) is 6. The molecular formula is C7H6KNO6S. The molecule has 0 aliphatic carbocycles. The van der Waals surface area contributed by atoms with E-state index in [0.717, 1.165) is 12.1 Å². The van der Waals surface area contributed by atoms with E-state index in [1.807, 2.05) is 0 Å². The zero-order valence-electron chi connectivity index (χ0n) is 8.50. The van der Waals surface area contributed by atoms with E-state index in [2.05, 4.69) is 0 Å². The van der Waals surface area contributed by atoms with Crippen molar-refractivity contribution < 1.29 is 74.4 Å². The average molecular weight is 271 g/mol. The summed E-state index contributed by atoms with van der Waals surface area (Å²) < 4.78 is 32.3. The number of phenolic OH excluding ortho intramolecular Hbond substituents is 1. The van der Waals surface area contributed by atoms with Crippen LogP contribution in [0.4, 0.5) is 5.69 Å². The van der Waals surface area contributed by atoms with Crippen LogP contribution in [0.5, 0.6) is 5.75 Å². The van der Waals surface area contributed by atoms with Crippen molar-refractivity contribution in [3.05, 3.63) is 27.8 Å². The number of hydrogen-bond donors (Lipinski definition) is 1. The Morgan fingerprint density at radius 2 is 1.88 bits per heavy atom. The first-order chi connectivity index (χ1) is 6.75. The fourth-order valence-electron chi connectivity index (χ4n) is 1.15. The van der Waals surface area contributed by atoms with Crippen molar-refractivity contribution >= 4 is 15.8 Å². The van der Waals surface area contributed by atoms with Gasteiger partial charge in [0.25, 0.3) is 0 Å². The van der Waals surface area contributed by atoms with E-state index in [4.69, 9.17) is 5.11 Å². The summed E-state index contributed by atoms with van der Waals surface area (Å²) in [6, 6.07) is 2.08. The molecule has 0 heterocycles. The van der Waals surface area contributed by atoms with Gasteiger partial charge in [-0.1, -0.05) is 6.07 Å². The molecule has 7 nitrogen and oxygen atoms in total. The van der Waals surface area contributed by atoms with Gasteiger partial charge in [0.05, 0.1) is 4.92 Å². The Balaban J connectivity index is 0.00000225. The van der Waals surface area contributed by atoms with E-state index in [9.17, 15) is 23.1 Å². The molecule has 0 amide bonds. The number of phenols is 1. The van der Waals surface area contributed by atoms with Crippen molar-refractivity contribution in [2.75, 3.05) is 0 Å². The molecule has 1 aromatic carbocycles. The Morgan fingerprint density at radius 1 is 1.38 bits per heavy atom. The molecule has 0 saturated carbocycles. The van der Waals surface area contributed by atoms with Crippen LogP contribution in [0.2, 0.25) is 0 Å². The second kappa shape index (κ2) is 5.53. The molecule has 1 rings (SSSR count). The molecule has 9 heteroatoms. The van der Waals surface area contributed by atoms with Crippen molar-refractivity contribution in [1.82, 2.24) is 0 Å². The molecule has 0 aliphatic rings. The minimum Gasteiger partial charge on any atom is -0.744 e. The molecule has 0 saturated heterocycles. The predicted octanol–water partition coefficient (Wildman–Crippen LogP) is -2.48. The minimum atomic E-state index is -4.98. The van der Waals surface area contributed by atoms with Crippen LogP contribution < -0.4 is 51.4 Å². The molecule has 82 valence electrons. The smallest absolute Gasteiger partial charge is 0.744 e. The average Bonchev–Trinajstić information content (AvgIpc) is 2.05. The number of nitro groups is 1. The Bertz CT molecular complexity index is 526. The zero-order chi connectivity index (χ0) is 11.8. The number of rotatable bonds is 2. The van der Waals surface area contributed by atoms with Crippen LogP contribution in [0.1, 0.15) is 5.56 Å². The van der Waals surface area contributed by atoms with Crippen molar-refractivity contribution in [2.24, 2.45) is 0 Å². The van der Waals surface area contributed by atoms with Crippen LogP contribution in [0.25, 0.3) is 0 Å². The van der Waals surface area contributed by atoms with Gasteiger partial charge >= 0.3 is 57.1 Å². The van der Waals surface area contributed by atoms with Gasteiger partial charge in [-0.3, -0.25) is 10.1 Å². The van der Waals surface area contributed by atoms with Gasteiger partial charge in [-0.05, 0) is 18.6 Å². The number of aromatic hydroxyl groups is 1. The Hall–Kier alpha value is -0.0336. The molecule has 0 atom stereocenters. The normalized spacial score (nSPS) is 10.6. The maximum absolute atomic E-state index is 10.8. The van der Waals surface area contributed by atoms with Crippen LogP contribution in [0.15, 0.2) is 17.0 Å². The Labute approximate surface area is 134 Å². The second-order valence-corrected chi connectivity index (χ2v) is 4.11. The summed E-state index contributed by atoms with van der Waals surface area (Å²) in [6.45, 7) is 1.23. The Morgan fingerprint density at radius 3 is 2.19 bits per heavy atom. The van der Waals surface area contributed by atoms with Gasteiger partial charge in [0.15, 0.2) is 5.75 Å². The number of nitro benzene ring substituents is 1. The molecule has 0 spiro atoms. The quantitative estimate of drug-likeness (QED) is 0.275. The van der Waals surface area contributed by atoms with Crippen LogP contribution in [0, 0.1) is 17.0 Å². The molecule has 1 aromatic rings. The summed E-state index contributed by atoms with van der Waals surface area (Å²) in [6.07, 6.45) is 0. The molecule has 16 heavy (non-hydrogen) atoms. The van der Waals surface area contributed by atoms with Gasteiger partial charge in [0.2, 0.25) is 0 Å². The summed E-state index contributed by atoms with van der Waals surface area (Å²) in [5, 5.41) is 19.6. The summed E-state index contributed by atoms with van der Waals surface area (Å²) in [4.78, 5) is 8.39. The first-order valence-corrected chi connectivity index (χ1v) is 5.09. The van der Waals surface area contributed by atoms with E-state index in [1.165, 1.54) is 6.92 Å². The summed E-state index contributed by atoms with van der Waals surface area (Å²) in [7, 11) is -4.98. The van der Waals surface area contributed by atoms with E-state index < -0.39 is 31.4 Å². The maximum atomic E-state index is 10.8. The van der Waals surface area contributed by atoms with Crippen molar-refractivity contribution in [3.63, 3.8) is 0 Å². The third-order valence-electron chi connectivity index (χ3n) is 1.74. The maximum Gasteiger partial charge on any atom is 1.00 e. The second-order valence-electron chi connectivity index (χ2n) is 2.79. The van der Waals surface area contributed by atoms with E-state index in [-0.39, 0.29) is 56.9 Å². The number of benzene rings is 1. The van der Waals surface area contributed by atoms with Crippen molar-refractivity contribution in [3.8, 4) is 5.75 Å². The minimum absolute atomic E-state index is 0. The van der Waals surface area contributed by atoms with Gasteiger partial charge < -0.3 is 9.66 Å². The predicted molar refractivity (Wildman–Crippen MR) is 47.5 cm³/mol. The van der Waals surface area contributed by atoms with E-state index in [0.29, 0.717) is 0 Å². The summed E-state index contributed by atoms with van der Waals surface area (Å²) in [5.41, 5.74) is -1.15. The van der Waals surface area contributed by atoms with E-state index >= 15 is 0 Å². The van der Waals surface area contributed by atoms with Crippen molar-refractivity contribution in [1.29, 1.82) is 0 Å². The monoisotopic (exact) mass is 271 g/mol. The standard InChI is InChI=1S/C7H7NO6S.K/c1-4-2-3-5(9)6(8(10)11)7(4)15(12,13)14;/h2-3,9H,1H3,(H,12,13,14);/q;+1/p-1. The molecule has 1 N–H and O–H groups in total. The van der Waals surface area contributed by atoms with Crippen LogP contribution in [-0.4, -0.2) is 23.0 Å². The van der Waals surface area contributed by atoms with Crippen LogP contribution in [-0.2, 0) is 10.1 Å². The first kappa shape index (κ1) is 16.0. The first-order valence-electron chi connectivity index (χ1n) is 3.68. The molecule has 0 unspecified atom stereocenters. The third kappa shape index (κ3) is 3.23. The molecule has 0 radical (unpaired) electrons. The van der Waals surface area contributed by atoms with Gasteiger partial charge in [-0.2, -0.15) is 0 Å². The van der Waals surface area contributed by atoms with Gasteiger partial charge in [-0.15, -0.1) is 0 Å². The Kier molecular flexibility index (Phi) is 5.52. The fourth-order valence-corrected chi connectivity index (χ4v) is 2.03. The van der Waals surface area contributed by atoms with Gasteiger partial charge in [-0.25, -0.2) is 8.42 Å². The molecule has 0 bridgehead atoms. The van der Waals surface area contributed by atoms with Crippen LogP contribution >= 0.6 is 0 Å². The number of aryl methyl sites for hydroxylation is 1. The zero-order valence-corrected chi connectivity index (χ0v) is 12.4. The molecular weight excluding hydrogens is 265 g/mol. The summed E-state index contributed by atoms with van der Waals surface area (Å²) >= 11 is 0. The molecule has 0 fully saturated rings. The van der Waals surface area contributed by atoms with Gasteiger partial charge in [0, 0.05) is 0 Å². The largest absolute Gasteiger partial charge is 1.00 e. The van der Waals surface area contributed by atoms with E-state index in [1.54, 1.807) is 0 Å². The van der Waals surface area contributed by atoms with Crippen molar-refractivity contribution in [2.45, 2.75) is 11.8 Å². The number of nitrogens with zero attached hydrogens (tertiary/aromatic N) is 1. The topological polar surface area (TPSA) is 121 Å². The fraction of sp³-hybridized carbons (Fsp3) is 0.143. The SMILES string of the molecule is Cc1ccc(O)c([N+](=O)[O-])c1S(=O)(=O)[O-].[K+]. The van der Waals surface area contributed by atoms with Gasteiger partial charge in [0.1, 0.15) is 15.0 Å².